The lowest BCUT2D eigenvalue weighted by molar-refractivity contribution is -0.108. The minimum Gasteiger partial charge on any atom is -0.377 e. The minimum atomic E-state index is -0.0355. The van der Waals surface area contributed by atoms with Crippen LogP contribution in [0.2, 0.25) is 0 Å². The van der Waals surface area contributed by atoms with Crippen LogP contribution in [0.25, 0.3) is 0 Å². The normalized spacial score (nSPS) is 31.0. The molecule has 24 heavy (non-hydrogen) atoms. The predicted molar refractivity (Wildman–Crippen MR) is 95.3 cm³/mol. The van der Waals surface area contributed by atoms with E-state index in [-0.39, 0.29) is 17.5 Å². The Kier molecular flexibility index (Phi) is 4.31. The van der Waals surface area contributed by atoms with E-state index in [9.17, 15) is 4.79 Å². The zero-order valence-corrected chi connectivity index (χ0v) is 15.3. The summed E-state index contributed by atoms with van der Waals surface area (Å²) in [7, 11) is 0. The van der Waals surface area contributed by atoms with Crippen LogP contribution in [0.3, 0.4) is 0 Å². The van der Waals surface area contributed by atoms with Gasteiger partial charge in [-0.1, -0.05) is 13.8 Å². The standard InChI is InChI=1S/C18H27N3O2S/c1-18(2)15(13-4-9-23-16(13)18)20-17(22)19-6-8-21-7-3-14-12(11-21)5-10-24-14/h5,10,13,15-16H,3-4,6-9,11H2,1-2H3,(H2,19,20,22)/t13-,15+,16-/m0/s1. The van der Waals surface area contributed by atoms with E-state index in [4.69, 9.17) is 4.74 Å². The van der Waals surface area contributed by atoms with E-state index < -0.39 is 0 Å². The number of hydrogen-bond acceptors (Lipinski definition) is 4. The second kappa shape index (κ2) is 6.32. The van der Waals surface area contributed by atoms with Crippen molar-refractivity contribution in [2.75, 3.05) is 26.2 Å². The summed E-state index contributed by atoms with van der Waals surface area (Å²) in [4.78, 5) is 16.2. The van der Waals surface area contributed by atoms with Gasteiger partial charge in [-0.25, -0.2) is 4.79 Å². The van der Waals surface area contributed by atoms with Gasteiger partial charge in [-0.15, -0.1) is 11.3 Å². The summed E-state index contributed by atoms with van der Waals surface area (Å²) in [6.45, 7) is 8.92. The highest BCUT2D eigenvalue weighted by Crippen LogP contribution is 2.52. The van der Waals surface area contributed by atoms with E-state index in [2.05, 4.69) is 40.8 Å². The van der Waals surface area contributed by atoms with Crippen LogP contribution in [0.5, 0.6) is 0 Å². The van der Waals surface area contributed by atoms with Crippen molar-refractivity contribution in [1.29, 1.82) is 0 Å². The number of amides is 2. The summed E-state index contributed by atoms with van der Waals surface area (Å²) in [6, 6.07) is 2.42. The number of urea groups is 1. The molecule has 0 bridgehead atoms. The maximum atomic E-state index is 12.2. The van der Waals surface area contributed by atoms with Crippen LogP contribution in [0.4, 0.5) is 4.79 Å². The van der Waals surface area contributed by atoms with Crippen molar-refractivity contribution in [3.05, 3.63) is 21.9 Å². The van der Waals surface area contributed by atoms with E-state index in [1.165, 1.54) is 10.4 Å². The molecule has 5 nitrogen and oxygen atoms in total. The fourth-order valence-corrected chi connectivity index (χ4v) is 5.52. The monoisotopic (exact) mass is 349 g/mol. The molecule has 3 aliphatic rings. The molecule has 6 heteroatoms. The molecule has 2 amide bonds. The lowest BCUT2D eigenvalue weighted by Gasteiger charge is -2.54. The predicted octanol–water partition coefficient (Wildman–Crippen LogP) is 2.22. The second-order valence-electron chi connectivity index (χ2n) is 7.84. The Balaban J connectivity index is 1.21. The highest BCUT2D eigenvalue weighted by molar-refractivity contribution is 7.10. The van der Waals surface area contributed by atoms with Gasteiger partial charge < -0.3 is 15.4 Å². The summed E-state index contributed by atoms with van der Waals surface area (Å²) in [5, 5.41) is 8.40. The minimum absolute atomic E-state index is 0.0355. The third-order valence-corrected chi connectivity index (χ3v) is 7.01. The van der Waals surface area contributed by atoms with Crippen molar-refractivity contribution < 1.29 is 9.53 Å². The van der Waals surface area contributed by atoms with Crippen molar-refractivity contribution >= 4 is 17.4 Å². The summed E-state index contributed by atoms with van der Waals surface area (Å²) < 4.78 is 5.78. The molecule has 132 valence electrons. The number of nitrogens with zero attached hydrogens (tertiary/aromatic N) is 1. The van der Waals surface area contributed by atoms with Gasteiger partial charge in [-0.05, 0) is 29.9 Å². The number of rotatable bonds is 4. The molecule has 1 aromatic rings. The van der Waals surface area contributed by atoms with Crippen LogP contribution in [0.15, 0.2) is 11.4 Å². The fourth-order valence-electron chi connectivity index (χ4n) is 4.63. The Bertz CT molecular complexity index is 615. The van der Waals surface area contributed by atoms with Gasteiger partial charge in [0.25, 0.3) is 0 Å². The molecule has 0 unspecified atom stereocenters. The summed E-state index contributed by atoms with van der Waals surface area (Å²) >= 11 is 1.86. The van der Waals surface area contributed by atoms with Gasteiger partial charge in [0, 0.05) is 55.0 Å². The lowest BCUT2D eigenvalue weighted by Crippen LogP contribution is -2.67. The Hall–Kier alpha value is -1.11. The quantitative estimate of drug-likeness (QED) is 0.876. The molecule has 2 N–H and O–H groups in total. The second-order valence-corrected chi connectivity index (χ2v) is 8.84. The van der Waals surface area contributed by atoms with Crippen LogP contribution in [0.1, 0.15) is 30.7 Å². The van der Waals surface area contributed by atoms with Crippen molar-refractivity contribution in [2.24, 2.45) is 11.3 Å². The molecule has 3 atom stereocenters. The van der Waals surface area contributed by atoms with Gasteiger partial charge in [0.2, 0.25) is 0 Å². The summed E-state index contributed by atoms with van der Waals surface area (Å²) in [6.07, 6.45) is 2.52. The van der Waals surface area contributed by atoms with Crippen LogP contribution in [-0.4, -0.2) is 49.3 Å². The first-order valence-electron chi connectivity index (χ1n) is 8.99. The van der Waals surface area contributed by atoms with E-state index >= 15 is 0 Å². The smallest absolute Gasteiger partial charge is 0.315 e. The third kappa shape index (κ3) is 2.85. The Labute approximate surface area is 147 Å². The van der Waals surface area contributed by atoms with E-state index in [1.54, 1.807) is 0 Å². The van der Waals surface area contributed by atoms with E-state index in [1.807, 2.05) is 11.3 Å². The van der Waals surface area contributed by atoms with Gasteiger partial charge >= 0.3 is 6.03 Å². The topological polar surface area (TPSA) is 53.6 Å². The average molecular weight is 350 g/mol. The molecule has 1 saturated carbocycles. The fraction of sp³-hybridized carbons (Fsp3) is 0.722. The van der Waals surface area contributed by atoms with Crippen molar-refractivity contribution in [1.82, 2.24) is 15.5 Å². The van der Waals surface area contributed by atoms with Crippen LogP contribution in [0, 0.1) is 11.3 Å². The molecule has 4 rings (SSSR count). The molecule has 0 aromatic carbocycles. The molecule has 1 aliphatic carbocycles. The molecule has 1 saturated heterocycles. The van der Waals surface area contributed by atoms with Crippen LogP contribution >= 0.6 is 11.3 Å². The number of nitrogens with one attached hydrogen (secondary N) is 2. The van der Waals surface area contributed by atoms with Gasteiger partial charge in [-0.2, -0.15) is 0 Å². The first kappa shape index (κ1) is 16.4. The SMILES string of the molecule is CC1(C)[C@H](NC(=O)NCCN2CCc3sccc3C2)[C@@H]2CCO[C@@H]21. The maximum Gasteiger partial charge on any atom is 0.315 e. The Morgan fingerprint density at radius 3 is 3.25 bits per heavy atom. The average Bonchev–Trinajstić information content (AvgIpc) is 3.20. The molecule has 0 radical (unpaired) electrons. The van der Waals surface area contributed by atoms with E-state index in [0.29, 0.717) is 18.6 Å². The van der Waals surface area contributed by atoms with Gasteiger partial charge in [-0.3, -0.25) is 4.90 Å². The number of thiophene rings is 1. The van der Waals surface area contributed by atoms with Crippen molar-refractivity contribution in [3.8, 4) is 0 Å². The first-order chi connectivity index (χ1) is 11.6. The highest BCUT2D eigenvalue weighted by Gasteiger charge is 2.59. The number of carbonyl (C=O) groups excluding carboxylic acids is 1. The highest BCUT2D eigenvalue weighted by atomic mass is 32.1. The number of carbonyl (C=O) groups is 1. The Morgan fingerprint density at radius 2 is 2.38 bits per heavy atom. The van der Waals surface area contributed by atoms with Crippen molar-refractivity contribution in [3.63, 3.8) is 0 Å². The number of ether oxygens (including phenoxy) is 1. The van der Waals surface area contributed by atoms with Crippen LogP contribution < -0.4 is 10.6 Å². The molecular weight excluding hydrogens is 322 g/mol. The van der Waals surface area contributed by atoms with E-state index in [0.717, 1.165) is 39.1 Å². The van der Waals surface area contributed by atoms with Crippen LogP contribution in [-0.2, 0) is 17.7 Å². The van der Waals surface area contributed by atoms with Gasteiger partial charge in [0.1, 0.15) is 0 Å². The van der Waals surface area contributed by atoms with Gasteiger partial charge in [0.05, 0.1) is 6.10 Å². The van der Waals surface area contributed by atoms with Crippen molar-refractivity contribution in [2.45, 2.75) is 45.4 Å². The summed E-state index contributed by atoms with van der Waals surface area (Å²) in [5.74, 6) is 0.491. The largest absolute Gasteiger partial charge is 0.377 e. The maximum absolute atomic E-state index is 12.2. The number of hydrogen-bond donors (Lipinski definition) is 2. The molecule has 2 aliphatic heterocycles. The van der Waals surface area contributed by atoms with Gasteiger partial charge in [0.15, 0.2) is 0 Å². The third-order valence-electron chi connectivity index (χ3n) is 5.99. The molecule has 0 spiro atoms. The molecule has 2 fully saturated rings. The zero-order chi connectivity index (χ0) is 16.7. The zero-order valence-electron chi connectivity index (χ0n) is 14.5. The lowest BCUT2D eigenvalue weighted by atomic mass is 9.57. The summed E-state index contributed by atoms with van der Waals surface area (Å²) in [5.41, 5.74) is 1.50. The number of fused-ring (bicyclic) bond motifs is 2. The molecule has 1 aromatic heterocycles. The first-order valence-corrected chi connectivity index (χ1v) is 9.87. The Morgan fingerprint density at radius 1 is 1.50 bits per heavy atom. The molecular formula is C18H27N3O2S. The molecule has 3 heterocycles.